The first-order valence-electron chi connectivity index (χ1n) is 33.9. The van der Waals surface area contributed by atoms with E-state index in [2.05, 4.69) is 99.0 Å². The van der Waals surface area contributed by atoms with Gasteiger partial charge >= 0.3 is 13.8 Å². The van der Waals surface area contributed by atoms with Gasteiger partial charge in [-0.2, -0.15) is 0 Å². The number of nitrogens with zero attached hydrogens (tertiary/aromatic N) is 1. The number of carbonyl (C=O) groups is 2. The smallest absolute Gasteiger partial charge is 0.456 e. The molecule has 1 amide bonds. The lowest BCUT2D eigenvalue weighted by Crippen LogP contribution is -2.47. The molecule has 2 N–H and O–H groups in total. The summed E-state index contributed by atoms with van der Waals surface area (Å²) < 4.78 is 30.8. The lowest BCUT2D eigenvalue weighted by molar-refractivity contribution is -0.870. The van der Waals surface area contributed by atoms with Gasteiger partial charge in [0.25, 0.3) is 0 Å². The van der Waals surface area contributed by atoms with Crippen LogP contribution in [0, 0.1) is 0 Å². The average Bonchev–Trinajstić information content (AvgIpc) is 3.44. The van der Waals surface area contributed by atoms with Crippen LogP contribution in [0.3, 0.4) is 0 Å². The van der Waals surface area contributed by atoms with Crippen molar-refractivity contribution in [2.45, 2.75) is 315 Å². The summed E-state index contributed by atoms with van der Waals surface area (Å²) in [5.41, 5.74) is 0. The summed E-state index contributed by atoms with van der Waals surface area (Å²) in [5.74, 6) is -0.518. The zero-order valence-electron chi connectivity index (χ0n) is 53.8. The molecule has 0 aliphatic carbocycles. The van der Waals surface area contributed by atoms with Crippen LogP contribution in [0.25, 0.3) is 0 Å². The molecule has 0 spiro atoms. The molecule has 0 heterocycles. The second-order valence-corrected chi connectivity index (χ2v) is 25.4. The second kappa shape index (κ2) is 60.3. The van der Waals surface area contributed by atoms with Gasteiger partial charge < -0.3 is 19.4 Å². The molecule has 0 aromatic carbocycles. The maximum atomic E-state index is 13.6. The van der Waals surface area contributed by atoms with Gasteiger partial charge in [-0.05, 0) is 109 Å². The van der Waals surface area contributed by atoms with E-state index in [-0.39, 0.29) is 31.5 Å². The van der Waals surface area contributed by atoms with Crippen molar-refractivity contribution in [1.82, 2.24) is 5.32 Å². The van der Waals surface area contributed by atoms with Crippen molar-refractivity contribution in [3.05, 3.63) is 85.1 Å². The Morgan fingerprint density at radius 2 is 0.753 bits per heavy atom. The fraction of sp³-hybridized carbons (Fsp3) is 0.775. The average molecular weight is 1150 g/mol. The number of phosphoric acid groups is 1. The normalized spacial score (nSPS) is 14.1. The van der Waals surface area contributed by atoms with Gasteiger partial charge in [0.1, 0.15) is 19.3 Å². The predicted molar refractivity (Wildman–Crippen MR) is 351 cm³/mol. The van der Waals surface area contributed by atoms with Crippen LogP contribution < -0.4 is 5.32 Å². The summed E-state index contributed by atoms with van der Waals surface area (Å²) in [6, 6.07) is -0.860. The number of nitrogens with one attached hydrogen (secondary N) is 1. The molecular formula is C71H130N2O7P+. The van der Waals surface area contributed by atoms with Gasteiger partial charge in [-0.1, -0.05) is 267 Å². The molecule has 9 nitrogen and oxygen atoms in total. The lowest BCUT2D eigenvalue weighted by Gasteiger charge is -2.27. The van der Waals surface area contributed by atoms with E-state index in [9.17, 15) is 19.0 Å². The summed E-state index contributed by atoms with van der Waals surface area (Å²) >= 11 is 0. The van der Waals surface area contributed by atoms with E-state index in [1.54, 1.807) is 0 Å². The van der Waals surface area contributed by atoms with E-state index in [4.69, 9.17) is 13.8 Å². The van der Waals surface area contributed by atoms with Crippen molar-refractivity contribution >= 4 is 19.7 Å². The molecule has 0 aliphatic rings. The fourth-order valence-corrected chi connectivity index (χ4v) is 10.3. The van der Waals surface area contributed by atoms with Crippen LogP contribution in [0.4, 0.5) is 0 Å². The van der Waals surface area contributed by atoms with Gasteiger partial charge in [-0.25, -0.2) is 4.57 Å². The highest BCUT2D eigenvalue weighted by molar-refractivity contribution is 7.47. The maximum Gasteiger partial charge on any atom is 0.472 e. The first kappa shape index (κ1) is 78.2. The van der Waals surface area contributed by atoms with Crippen LogP contribution in [-0.4, -0.2) is 74.3 Å². The first-order chi connectivity index (χ1) is 39.4. The van der Waals surface area contributed by atoms with Crippen LogP contribution >= 0.6 is 7.82 Å². The Labute approximate surface area is 501 Å². The second-order valence-electron chi connectivity index (χ2n) is 24.0. The van der Waals surface area contributed by atoms with Crippen molar-refractivity contribution in [1.29, 1.82) is 0 Å². The number of hydrogen-bond donors (Lipinski definition) is 2. The molecular weight excluding hydrogens is 1020 g/mol. The van der Waals surface area contributed by atoms with Crippen LogP contribution in [0.2, 0.25) is 0 Å². The Kier molecular flexibility index (Phi) is 58.2. The zero-order chi connectivity index (χ0) is 59.3. The van der Waals surface area contributed by atoms with Crippen LogP contribution in [0.15, 0.2) is 85.1 Å². The molecule has 0 aromatic rings. The third-order valence-corrected chi connectivity index (χ3v) is 15.8. The van der Waals surface area contributed by atoms with Gasteiger partial charge in [0.05, 0.1) is 33.8 Å². The van der Waals surface area contributed by atoms with Crippen molar-refractivity contribution in [2.75, 3.05) is 40.9 Å². The topological polar surface area (TPSA) is 111 Å². The van der Waals surface area contributed by atoms with Gasteiger partial charge in [-0.15, -0.1) is 0 Å². The molecule has 3 unspecified atom stereocenters. The summed E-state index contributed by atoms with van der Waals surface area (Å²) in [6.45, 7) is 6.97. The molecule has 0 saturated heterocycles. The molecule has 0 radical (unpaired) electrons. The molecule has 470 valence electrons. The van der Waals surface area contributed by atoms with Gasteiger partial charge in [-0.3, -0.25) is 18.6 Å². The van der Waals surface area contributed by atoms with E-state index in [0.29, 0.717) is 17.4 Å². The van der Waals surface area contributed by atoms with E-state index < -0.39 is 20.0 Å². The Morgan fingerprint density at radius 3 is 1.15 bits per heavy atom. The monoisotopic (exact) mass is 1150 g/mol. The third-order valence-electron chi connectivity index (χ3n) is 14.8. The number of hydrogen-bond acceptors (Lipinski definition) is 6. The molecule has 81 heavy (non-hydrogen) atoms. The number of rotatable bonds is 61. The SMILES string of the molecule is CCCCC/C=C\C/C=C\C/C=C\C/C=C\CCCCCCCCCC(=O)OC(/C=C/CCCCCCCCCCCCC)C(COP(=O)(O)OCC[N+](C)(C)C)NC(=O)CCCCCCCCCCC/C=C\C/C=C\CCCCC. The largest absolute Gasteiger partial charge is 0.472 e. The Bertz CT molecular complexity index is 1660. The van der Waals surface area contributed by atoms with E-state index in [1.165, 1.54) is 161 Å². The highest BCUT2D eigenvalue weighted by Crippen LogP contribution is 2.43. The van der Waals surface area contributed by atoms with E-state index in [0.717, 1.165) is 109 Å². The molecule has 0 aliphatic heterocycles. The van der Waals surface area contributed by atoms with Crippen molar-refractivity contribution < 1.29 is 37.3 Å². The minimum Gasteiger partial charge on any atom is -0.456 e. The standard InChI is InChI=1S/C71H129N2O7P/c1-7-10-13-16-19-22-25-28-30-32-34-35-36-37-39-41-43-46-49-52-55-58-61-64-71(75)80-69(62-59-56-53-50-47-44-27-24-21-18-15-12-9-3)68(67-79-81(76,77)78-66-65-73(4,5)6)72-70(74)63-60-57-54-51-48-45-42-40-38-33-31-29-26-23-20-17-14-11-8-2/h19-20,22-23,28-31,34-35,37,39,59,62,68-69H,7-18,21,24-27,32-33,36,38,40-58,60-61,63-67H2,1-6H3,(H-,72,74,76,77)/p+1/b22-19-,23-20-,30-28-,31-29-,35-34-,39-37-,62-59+. The zero-order valence-corrected chi connectivity index (χ0v) is 54.7. The lowest BCUT2D eigenvalue weighted by atomic mass is 10.0. The molecule has 10 heteroatoms. The number of likely N-dealkylation sites (N-methyl/N-ethyl adjacent to an activating group) is 1. The molecule has 0 rings (SSSR count). The number of unbranched alkanes of at least 4 members (excludes halogenated alkanes) is 33. The number of phosphoric ester groups is 1. The Balaban J connectivity index is 5.22. The van der Waals surface area contributed by atoms with Crippen LogP contribution in [-0.2, 0) is 27.9 Å². The first-order valence-corrected chi connectivity index (χ1v) is 35.4. The van der Waals surface area contributed by atoms with Crippen molar-refractivity contribution in [3.63, 3.8) is 0 Å². The van der Waals surface area contributed by atoms with Crippen molar-refractivity contribution in [3.8, 4) is 0 Å². The summed E-state index contributed by atoms with van der Waals surface area (Å²) in [4.78, 5) is 37.9. The number of quaternary nitrogens is 1. The highest BCUT2D eigenvalue weighted by Gasteiger charge is 2.30. The number of esters is 1. The Morgan fingerprint density at radius 1 is 0.432 bits per heavy atom. The number of amides is 1. The van der Waals surface area contributed by atoms with Gasteiger partial charge in [0, 0.05) is 12.8 Å². The summed E-state index contributed by atoms with van der Waals surface area (Å²) in [5, 5.41) is 3.06. The number of carbonyl (C=O) groups excluding carboxylic acids is 2. The molecule has 0 aromatic heterocycles. The van der Waals surface area contributed by atoms with Gasteiger partial charge in [0.15, 0.2) is 0 Å². The van der Waals surface area contributed by atoms with Crippen LogP contribution in [0.5, 0.6) is 0 Å². The number of ether oxygens (including phenoxy) is 1. The minimum absolute atomic E-state index is 0.0346. The van der Waals surface area contributed by atoms with E-state index >= 15 is 0 Å². The van der Waals surface area contributed by atoms with Gasteiger partial charge in [0.2, 0.25) is 5.91 Å². The maximum absolute atomic E-state index is 13.6. The molecule has 0 saturated carbocycles. The third kappa shape index (κ3) is 61.6. The van der Waals surface area contributed by atoms with Crippen molar-refractivity contribution in [2.24, 2.45) is 0 Å². The minimum atomic E-state index is -4.46. The fourth-order valence-electron chi connectivity index (χ4n) is 9.54. The summed E-state index contributed by atoms with van der Waals surface area (Å²) in [7, 11) is 1.48. The highest BCUT2D eigenvalue weighted by atomic mass is 31.2. The van der Waals surface area contributed by atoms with Crippen LogP contribution in [0.1, 0.15) is 303 Å². The molecule has 3 atom stereocenters. The molecule has 0 fully saturated rings. The molecule has 0 bridgehead atoms. The predicted octanol–water partition coefficient (Wildman–Crippen LogP) is 21.3. The summed E-state index contributed by atoms with van der Waals surface area (Å²) in [6.07, 6.45) is 80.0. The number of allylic oxidation sites excluding steroid dienone is 13. The van der Waals surface area contributed by atoms with E-state index in [1.807, 2.05) is 33.3 Å². The Hall–Kier alpha value is -2.81. The quantitative estimate of drug-likeness (QED) is 0.0205.